The Morgan fingerprint density at radius 1 is 0.294 bits per heavy atom. The molecule has 0 aliphatic carbocycles. The molecule has 0 amide bonds. The van der Waals surface area contributed by atoms with Gasteiger partial charge in [-0.05, 0) is 179 Å². The summed E-state index contributed by atoms with van der Waals surface area (Å²) >= 11 is 0. The Morgan fingerprint density at radius 3 is 1.03 bits per heavy atom. The lowest BCUT2D eigenvalue weighted by Crippen LogP contribution is -2.25. The maximum absolute atomic E-state index is 2.53. The lowest BCUT2D eigenvalue weighted by molar-refractivity contribution is 0.642. The average Bonchev–Trinajstić information content (AvgIpc) is 3.80. The highest BCUT2D eigenvalue weighted by Crippen LogP contribution is 2.50. The lowest BCUT2D eigenvalue weighted by Gasteiger charge is -2.29. The number of nitrogens with zero attached hydrogens (tertiary/aromatic N) is 4. The van der Waals surface area contributed by atoms with Gasteiger partial charge in [-0.2, -0.15) is 0 Å². The van der Waals surface area contributed by atoms with Gasteiger partial charge >= 0.3 is 0 Å². The maximum atomic E-state index is 2.53. The predicted molar refractivity (Wildman–Crippen MR) is 289 cm³/mol. The van der Waals surface area contributed by atoms with E-state index in [9.17, 15) is 0 Å². The van der Waals surface area contributed by atoms with Crippen LogP contribution < -0.4 is 19.6 Å². The van der Waals surface area contributed by atoms with E-state index < -0.39 is 0 Å². The van der Waals surface area contributed by atoms with E-state index in [-0.39, 0.29) is 0 Å². The molecule has 4 heteroatoms. The summed E-state index contributed by atoms with van der Waals surface area (Å²) in [5, 5.41) is 4.95. The van der Waals surface area contributed by atoms with E-state index in [1.807, 2.05) is 0 Å². The van der Waals surface area contributed by atoms with Crippen molar-refractivity contribution < 1.29 is 0 Å². The van der Waals surface area contributed by atoms with Crippen molar-refractivity contribution in [3.05, 3.63) is 242 Å². The summed E-state index contributed by atoms with van der Waals surface area (Å²) in [4.78, 5) is 9.78. The molecule has 0 radical (unpaired) electrons. The number of hydrogen-bond donors (Lipinski definition) is 0. The Morgan fingerprint density at radius 2 is 0.632 bits per heavy atom. The largest absolute Gasteiger partial charge is 0.338 e. The second-order valence-electron chi connectivity index (χ2n) is 18.8. The topological polar surface area (TPSA) is 13.0 Å². The summed E-state index contributed by atoms with van der Waals surface area (Å²) < 4.78 is 0. The molecule has 10 aromatic rings. The highest BCUT2D eigenvalue weighted by Gasteiger charge is 2.36. The van der Waals surface area contributed by atoms with Crippen LogP contribution in [0.2, 0.25) is 0 Å². The number of para-hydroxylation sites is 2. The Bertz CT molecular complexity index is 3210. The second kappa shape index (κ2) is 17.0. The van der Waals surface area contributed by atoms with Crippen LogP contribution in [0.15, 0.2) is 231 Å². The van der Waals surface area contributed by atoms with Gasteiger partial charge in [-0.3, -0.25) is 0 Å². The SMILES string of the molecule is CC1c2cc(-c3ccc4c(c3)C(C)C(C)N4c3ccc(N(c4ccccc4)c4ccc5ccccc5c4)cc3)ccc2N(c2ccc(N(c3ccccc3)c3ccc4ccccc4c3)cc2)C1C. The molecular weight excluding hydrogens is 825 g/mol. The number of fused-ring (bicyclic) bond motifs is 4. The monoisotopic (exact) mass is 878 g/mol. The number of anilines is 10. The van der Waals surface area contributed by atoms with Crippen LogP contribution in [0.25, 0.3) is 32.7 Å². The Balaban J connectivity index is 0.820. The van der Waals surface area contributed by atoms with Crippen molar-refractivity contribution in [2.75, 3.05) is 19.6 Å². The zero-order chi connectivity index (χ0) is 45.9. The van der Waals surface area contributed by atoms with Crippen molar-refractivity contribution in [2.24, 2.45) is 0 Å². The summed E-state index contributed by atoms with van der Waals surface area (Å²) in [7, 11) is 0. The first-order chi connectivity index (χ1) is 33.4. The van der Waals surface area contributed by atoms with Crippen LogP contribution in [-0.2, 0) is 0 Å². The van der Waals surface area contributed by atoms with Crippen molar-refractivity contribution in [1.29, 1.82) is 0 Å². The van der Waals surface area contributed by atoms with E-state index in [0.29, 0.717) is 23.9 Å². The second-order valence-corrected chi connectivity index (χ2v) is 18.8. The minimum atomic E-state index is 0.310. The van der Waals surface area contributed by atoms with Crippen molar-refractivity contribution in [3.8, 4) is 11.1 Å². The van der Waals surface area contributed by atoms with Gasteiger partial charge in [0.05, 0.1) is 0 Å². The molecule has 0 fully saturated rings. The molecule has 0 saturated carbocycles. The van der Waals surface area contributed by atoms with Gasteiger partial charge in [0.1, 0.15) is 0 Å². The number of benzene rings is 10. The van der Waals surface area contributed by atoms with Gasteiger partial charge in [-0.1, -0.05) is 123 Å². The van der Waals surface area contributed by atoms with Crippen molar-refractivity contribution in [1.82, 2.24) is 0 Å². The molecule has 0 spiro atoms. The van der Waals surface area contributed by atoms with Crippen molar-refractivity contribution in [2.45, 2.75) is 51.6 Å². The molecular formula is C64H54N4. The fourth-order valence-electron chi connectivity index (χ4n) is 11.0. The molecule has 10 aromatic carbocycles. The van der Waals surface area contributed by atoms with Crippen molar-refractivity contribution >= 4 is 78.4 Å². The van der Waals surface area contributed by atoms with E-state index in [2.05, 4.69) is 278 Å². The summed E-state index contributed by atoms with van der Waals surface area (Å²) in [6, 6.07) is 85.2. The fourth-order valence-corrected chi connectivity index (χ4v) is 11.0. The fraction of sp³-hybridized carbons (Fsp3) is 0.125. The zero-order valence-corrected chi connectivity index (χ0v) is 39.0. The van der Waals surface area contributed by atoms with Crippen LogP contribution in [0.4, 0.5) is 56.9 Å². The van der Waals surface area contributed by atoms with Crippen LogP contribution in [0, 0.1) is 0 Å². The molecule has 0 N–H and O–H groups in total. The smallest absolute Gasteiger partial charge is 0.0468 e. The minimum absolute atomic E-state index is 0.310. The Labute approximate surface area is 400 Å². The first-order valence-electron chi connectivity index (χ1n) is 24.1. The average molecular weight is 879 g/mol. The standard InChI is InChI=1S/C64H54N4/c1-43-45(3)65(55-29-33-57(34-30-55)67(53-19-7-5-8-20-53)59-27-23-47-15-11-13-17-49(47)39-59)63-37-25-51(41-61(43)63)52-26-38-64-62(42-52)44(2)46(4)66(64)56-31-35-58(36-32-56)68(54-21-9-6-10-22-54)60-28-24-48-16-12-14-18-50(48)40-60/h5-46H,1-4H3. The minimum Gasteiger partial charge on any atom is -0.338 e. The van der Waals surface area contributed by atoms with Crippen LogP contribution in [-0.4, -0.2) is 12.1 Å². The molecule has 4 unspecified atom stereocenters. The first-order valence-corrected chi connectivity index (χ1v) is 24.1. The van der Waals surface area contributed by atoms with Gasteiger partial charge in [0, 0.05) is 80.8 Å². The summed E-state index contributed by atoms with van der Waals surface area (Å²) in [6.45, 7) is 9.50. The molecule has 4 atom stereocenters. The Kier molecular flexibility index (Phi) is 10.3. The summed E-state index contributed by atoms with van der Waals surface area (Å²) in [5.74, 6) is 0.739. The van der Waals surface area contributed by atoms with E-state index in [0.717, 1.165) is 34.1 Å². The van der Waals surface area contributed by atoms with E-state index in [1.165, 1.54) is 66.5 Å². The molecule has 68 heavy (non-hydrogen) atoms. The van der Waals surface area contributed by atoms with E-state index in [4.69, 9.17) is 0 Å². The molecule has 0 saturated heterocycles. The molecule has 0 aromatic heterocycles. The normalized spacial score (nSPS) is 17.4. The lowest BCUT2D eigenvalue weighted by atomic mass is 9.92. The van der Waals surface area contributed by atoms with Gasteiger partial charge in [0.2, 0.25) is 0 Å². The third-order valence-electron chi connectivity index (χ3n) is 14.9. The molecule has 12 rings (SSSR count). The molecule has 0 bridgehead atoms. The summed E-state index contributed by atoms with van der Waals surface area (Å²) in [5.41, 5.74) is 17.2. The van der Waals surface area contributed by atoms with Crippen LogP contribution in [0.1, 0.15) is 50.7 Å². The highest BCUT2D eigenvalue weighted by molar-refractivity contribution is 5.91. The zero-order valence-electron chi connectivity index (χ0n) is 39.0. The molecule has 330 valence electrons. The van der Waals surface area contributed by atoms with E-state index in [1.54, 1.807) is 0 Å². The van der Waals surface area contributed by atoms with Gasteiger partial charge in [0.25, 0.3) is 0 Å². The van der Waals surface area contributed by atoms with Crippen LogP contribution in [0.3, 0.4) is 0 Å². The summed E-state index contributed by atoms with van der Waals surface area (Å²) in [6.07, 6.45) is 0. The third kappa shape index (κ3) is 7.16. The van der Waals surface area contributed by atoms with Gasteiger partial charge in [-0.25, -0.2) is 0 Å². The van der Waals surface area contributed by atoms with E-state index >= 15 is 0 Å². The first kappa shape index (κ1) is 41.4. The van der Waals surface area contributed by atoms with Gasteiger partial charge < -0.3 is 19.6 Å². The maximum Gasteiger partial charge on any atom is 0.0468 e. The molecule has 2 aliphatic heterocycles. The number of rotatable bonds is 9. The van der Waals surface area contributed by atoms with Gasteiger partial charge in [0.15, 0.2) is 0 Å². The van der Waals surface area contributed by atoms with Crippen molar-refractivity contribution in [3.63, 3.8) is 0 Å². The highest BCUT2D eigenvalue weighted by atomic mass is 15.2. The Hall–Kier alpha value is -8.08. The molecule has 2 aliphatic rings. The van der Waals surface area contributed by atoms with Gasteiger partial charge in [-0.15, -0.1) is 0 Å². The van der Waals surface area contributed by atoms with Crippen LogP contribution in [0.5, 0.6) is 0 Å². The predicted octanol–water partition coefficient (Wildman–Crippen LogP) is 17.9. The number of hydrogen-bond acceptors (Lipinski definition) is 4. The third-order valence-corrected chi connectivity index (χ3v) is 14.9. The molecule has 2 heterocycles. The quantitative estimate of drug-likeness (QED) is 0.143. The molecule has 4 nitrogen and oxygen atoms in total. The van der Waals surface area contributed by atoms with Crippen LogP contribution >= 0.6 is 0 Å².